The molecular weight excluding hydrogens is 558 g/mol. The molecule has 0 N–H and O–H groups in total. The summed E-state index contributed by atoms with van der Waals surface area (Å²) in [5.41, 5.74) is 1.76. The number of pyridine rings is 1. The molecule has 0 atom stereocenters. The Hall–Kier alpha value is -3.89. The number of halogens is 6. The summed E-state index contributed by atoms with van der Waals surface area (Å²) in [6.45, 7) is 3.73. The van der Waals surface area contributed by atoms with Gasteiger partial charge in [-0.1, -0.05) is 26.0 Å². The number of nitrogens with zero attached hydrogens (tertiary/aromatic N) is 2. The van der Waals surface area contributed by atoms with Crippen LogP contribution in [0.2, 0.25) is 0 Å². The van der Waals surface area contributed by atoms with Gasteiger partial charge in [-0.05, 0) is 93.9 Å². The van der Waals surface area contributed by atoms with Gasteiger partial charge in [0.05, 0.1) is 31.9 Å². The number of ether oxygens (including phenoxy) is 1. The average molecular weight is 589 g/mol. The van der Waals surface area contributed by atoms with E-state index in [9.17, 15) is 26.3 Å². The molecule has 4 aromatic rings. The molecule has 0 aliphatic heterocycles. The van der Waals surface area contributed by atoms with Crippen LogP contribution < -0.4 is 4.74 Å². The van der Waals surface area contributed by atoms with Crippen LogP contribution >= 0.6 is 0 Å². The summed E-state index contributed by atoms with van der Waals surface area (Å²) in [5, 5.41) is 1.32. The first kappa shape index (κ1) is 31.1. The van der Waals surface area contributed by atoms with Crippen LogP contribution in [0.25, 0.3) is 22.3 Å². The van der Waals surface area contributed by atoms with Crippen molar-refractivity contribution < 1.29 is 35.9 Å². The van der Waals surface area contributed by atoms with Crippen molar-refractivity contribution in [1.29, 1.82) is 0 Å². The van der Waals surface area contributed by atoms with Gasteiger partial charge in [-0.25, -0.2) is 0 Å². The number of rotatable bonds is 9. The zero-order valence-electron chi connectivity index (χ0n) is 23.5. The molecule has 222 valence electrons. The van der Waals surface area contributed by atoms with Crippen LogP contribution in [0, 0.1) is 0 Å². The first-order valence-electron chi connectivity index (χ1n) is 13.1. The molecule has 0 saturated heterocycles. The Morgan fingerprint density at radius 2 is 1.40 bits per heavy atom. The van der Waals surface area contributed by atoms with Crippen LogP contribution in [-0.4, -0.2) is 24.3 Å². The van der Waals surface area contributed by atoms with Gasteiger partial charge < -0.3 is 9.57 Å². The van der Waals surface area contributed by atoms with E-state index in [0.29, 0.717) is 28.0 Å². The molecule has 42 heavy (non-hydrogen) atoms. The maximum atomic E-state index is 13.8. The van der Waals surface area contributed by atoms with Gasteiger partial charge in [0, 0.05) is 24.5 Å². The fourth-order valence-corrected chi connectivity index (χ4v) is 4.70. The lowest BCUT2D eigenvalue weighted by Crippen LogP contribution is -2.22. The van der Waals surface area contributed by atoms with E-state index >= 15 is 0 Å². The maximum Gasteiger partial charge on any atom is 0.416 e. The summed E-state index contributed by atoms with van der Waals surface area (Å²) in [6.07, 6.45) is -6.25. The summed E-state index contributed by atoms with van der Waals surface area (Å²) < 4.78 is 88.3. The van der Waals surface area contributed by atoms with Crippen LogP contribution in [0.3, 0.4) is 0 Å². The minimum Gasteiger partial charge on any atom is -0.496 e. The predicted molar refractivity (Wildman–Crippen MR) is 148 cm³/mol. The van der Waals surface area contributed by atoms with Gasteiger partial charge in [0.1, 0.15) is 5.75 Å². The number of benzene rings is 3. The molecule has 0 saturated carbocycles. The van der Waals surface area contributed by atoms with Gasteiger partial charge in [0.15, 0.2) is 0 Å². The zero-order valence-corrected chi connectivity index (χ0v) is 23.5. The fourth-order valence-electron chi connectivity index (χ4n) is 4.70. The number of alkyl halides is 6. The van der Waals surface area contributed by atoms with E-state index in [1.54, 1.807) is 24.3 Å². The number of hydroxylamine groups is 2. The SMILES string of the molecule is COc1ccc(C(C)C)cc1-c1ccc(C(F)(F)F)cc1CN(Cc1cc(-c2ccncc2)cc(C(F)(F)F)c1)OC. The van der Waals surface area contributed by atoms with Gasteiger partial charge >= 0.3 is 12.4 Å². The monoisotopic (exact) mass is 588 g/mol. The van der Waals surface area contributed by atoms with E-state index in [2.05, 4.69) is 4.98 Å². The molecule has 4 nitrogen and oxygen atoms in total. The van der Waals surface area contributed by atoms with Gasteiger partial charge in [0.2, 0.25) is 0 Å². The highest BCUT2D eigenvalue weighted by Gasteiger charge is 2.33. The average Bonchev–Trinajstić information content (AvgIpc) is 2.95. The molecule has 0 unspecified atom stereocenters. The van der Waals surface area contributed by atoms with E-state index in [1.165, 1.54) is 37.7 Å². The molecular formula is C32H30F6N2O2. The molecule has 4 rings (SSSR count). The Morgan fingerprint density at radius 1 is 0.714 bits per heavy atom. The molecule has 0 spiro atoms. The minimum absolute atomic E-state index is 0.128. The lowest BCUT2D eigenvalue weighted by atomic mass is 9.92. The number of methoxy groups -OCH3 is 1. The highest BCUT2D eigenvalue weighted by atomic mass is 19.4. The molecule has 0 aliphatic carbocycles. The molecule has 0 bridgehead atoms. The topological polar surface area (TPSA) is 34.6 Å². The van der Waals surface area contributed by atoms with E-state index < -0.39 is 23.5 Å². The summed E-state index contributed by atoms with van der Waals surface area (Å²) in [4.78, 5) is 9.41. The third-order valence-corrected chi connectivity index (χ3v) is 6.91. The normalized spacial score (nSPS) is 12.3. The van der Waals surface area contributed by atoms with Crippen molar-refractivity contribution in [3.05, 3.63) is 107 Å². The lowest BCUT2D eigenvalue weighted by molar-refractivity contribution is -0.148. The van der Waals surface area contributed by atoms with Crippen LogP contribution in [0.5, 0.6) is 5.75 Å². The van der Waals surface area contributed by atoms with Crippen LogP contribution in [0.4, 0.5) is 26.3 Å². The molecule has 1 aromatic heterocycles. The van der Waals surface area contributed by atoms with Crippen LogP contribution in [-0.2, 0) is 30.3 Å². The number of aromatic nitrogens is 1. The van der Waals surface area contributed by atoms with Gasteiger partial charge in [-0.2, -0.15) is 31.4 Å². The number of hydrogen-bond acceptors (Lipinski definition) is 4. The van der Waals surface area contributed by atoms with Crippen molar-refractivity contribution in [1.82, 2.24) is 10.0 Å². The van der Waals surface area contributed by atoms with E-state index in [1.807, 2.05) is 26.0 Å². The molecule has 1 heterocycles. The van der Waals surface area contributed by atoms with Gasteiger partial charge in [-0.15, -0.1) is 0 Å². The Bertz CT molecular complexity index is 1520. The van der Waals surface area contributed by atoms with Crippen LogP contribution in [0.15, 0.2) is 79.1 Å². The fraction of sp³-hybridized carbons (Fsp3) is 0.281. The van der Waals surface area contributed by atoms with Crippen molar-refractivity contribution in [2.45, 2.75) is 45.2 Å². The minimum atomic E-state index is -4.61. The number of hydrogen-bond donors (Lipinski definition) is 0. The van der Waals surface area contributed by atoms with E-state index in [4.69, 9.17) is 9.57 Å². The summed E-state index contributed by atoms with van der Waals surface area (Å²) in [6, 6.07) is 15.8. The van der Waals surface area contributed by atoms with Gasteiger partial charge in [-0.3, -0.25) is 4.98 Å². The summed E-state index contributed by atoms with van der Waals surface area (Å²) >= 11 is 0. The van der Waals surface area contributed by atoms with Crippen molar-refractivity contribution >= 4 is 0 Å². The Kier molecular flexibility index (Phi) is 9.27. The lowest BCUT2D eigenvalue weighted by Gasteiger charge is -2.24. The third-order valence-electron chi connectivity index (χ3n) is 6.91. The molecule has 0 amide bonds. The highest BCUT2D eigenvalue weighted by Crippen LogP contribution is 2.39. The molecule has 0 fully saturated rings. The smallest absolute Gasteiger partial charge is 0.416 e. The predicted octanol–water partition coefficient (Wildman–Crippen LogP) is 9.15. The molecule has 10 heteroatoms. The molecule has 0 radical (unpaired) electrons. The first-order chi connectivity index (χ1) is 19.8. The second-order valence-electron chi connectivity index (χ2n) is 10.1. The third kappa shape index (κ3) is 7.30. The van der Waals surface area contributed by atoms with E-state index in [-0.39, 0.29) is 30.1 Å². The second kappa shape index (κ2) is 12.5. The van der Waals surface area contributed by atoms with Crippen molar-refractivity contribution in [2.24, 2.45) is 0 Å². The first-order valence-corrected chi connectivity index (χ1v) is 13.1. The zero-order chi connectivity index (χ0) is 30.7. The molecule has 0 aliphatic rings. The Balaban J connectivity index is 1.78. The standard InChI is InChI=1S/C32H30F6N2O2/c1-20(2)23-5-8-30(41-3)29(17-23)28-7-6-26(31(33,34)35)16-25(28)19-40(42-4)18-21-13-24(22-9-11-39-12-10-22)15-27(14-21)32(36,37)38/h5-17,20H,18-19H2,1-4H3. The largest absolute Gasteiger partial charge is 0.496 e. The Labute approximate surface area is 240 Å². The summed E-state index contributed by atoms with van der Waals surface area (Å²) in [5.74, 6) is 0.628. The Morgan fingerprint density at radius 3 is 2.00 bits per heavy atom. The quantitative estimate of drug-likeness (QED) is 0.144. The summed E-state index contributed by atoms with van der Waals surface area (Å²) in [7, 11) is 2.80. The van der Waals surface area contributed by atoms with Crippen molar-refractivity contribution in [3.63, 3.8) is 0 Å². The van der Waals surface area contributed by atoms with E-state index in [0.717, 1.165) is 29.8 Å². The molecule has 3 aromatic carbocycles. The highest BCUT2D eigenvalue weighted by molar-refractivity contribution is 5.75. The van der Waals surface area contributed by atoms with Gasteiger partial charge in [0.25, 0.3) is 0 Å². The maximum absolute atomic E-state index is 13.8. The van der Waals surface area contributed by atoms with Crippen molar-refractivity contribution in [2.75, 3.05) is 14.2 Å². The van der Waals surface area contributed by atoms with Crippen molar-refractivity contribution in [3.8, 4) is 28.0 Å². The van der Waals surface area contributed by atoms with Crippen LogP contribution in [0.1, 0.15) is 47.6 Å². The second-order valence-corrected chi connectivity index (χ2v) is 10.1.